The lowest BCUT2D eigenvalue weighted by molar-refractivity contribution is 0.0564. The van der Waals surface area contributed by atoms with Crippen LogP contribution < -0.4 is 0 Å². The summed E-state index contributed by atoms with van der Waals surface area (Å²) >= 11 is 1.31. The average molecular weight is 320 g/mol. The molecule has 0 atom stereocenters. The van der Waals surface area contributed by atoms with E-state index in [0.717, 1.165) is 5.56 Å². The van der Waals surface area contributed by atoms with Crippen molar-refractivity contribution in [1.82, 2.24) is 10.2 Å². The first-order valence-corrected chi connectivity index (χ1v) is 7.33. The number of methoxy groups -OCH3 is 1. The van der Waals surface area contributed by atoms with Crippen LogP contribution in [0.4, 0.5) is 0 Å². The van der Waals surface area contributed by atoms with E-state index < -0.39 is 5.97 Å². The van der Waals surface area contributed by atoms with E-state index in [9.17, 15) is 4.79 Å². The van der Waals surface area contributed by atoms with Crippen molar-refractivity contribution in [3.8, 4) is 11.5 Å². The smallest absolute Gasteiger partial charge is 0.374 e. The maximum atomic E-state index is 11.5. The molecule has 3 rings (SSSR count). The van der Waals surface area contributed by atoms with Gasteiger partial charge in [-0.25, -0.2) is 4.79 Å². The summed E-state index contributed by atoms with van der Waals surface area (Å²) in [6, 6.07) is 3.47. The van der Waals surface area contributed by atoms with E-state index in [4.69, 9.17) is 13.3 Å². The molecule has 7 nitrogen and oxygen atoms in total. The van der Waals surface area contributed by atoms with Gasteiger partial charge >= 0.3 is 5.97 Å². The molecule has 22 heavy (non-hydrogen) atoms. The van der Waals surface area contributed by atoms with E-state index in [2.05, 4.69) is 14.9 Å². The Labute approximate surface area is 129 Å². The molecule has 3 aromatic rings. The number of thioether (sulfide) groups is 1. The van der Waals surface area contributed by atoms with Crippen LogP contribution in [-0.4, -0.2) is 23.3 Å². The van der Waals surface area contributed by atoms with Gasteiger partial charge in [-0.15, -0.1) is 10.2 Å². The molecule has 0 unspecified atom stereocenters. The predicted molar refractivity (Wildman–Crippen MR) is 76.3 cm³/mol. The number of ether oxygens (including phenoxy) is 1. The predicted octanol–water partition coefficient (Wildman–Crippen LogP) is 3.31. The van der Waals surface area contributed by atoms with Crippen LogP contribution in [-0.2, 0) is 10.5 Å². The highest BCUT2D eigenvalue weighted by Crippen LogP contribution is 2.29. The minimum Gasteiger partial charge on any atom is -0.469 e. The summed E-state index contributed by atoms with van der Waals surface area (Å²) in [4.78, 5) is 11.5. The van der Waals surface area contributed by atoms with Gasteiger partial charge in [0.15, 0.2) is 0 Å². The highest BCUT2D eigenvalue weighted by atomic mass is 32.2. The average Bonchev–Trinajstić information content (AvgIpc) is 3.24. The maximum Gasteiger partial charge on any atom is 0.374 e. The molecule has 3 aromatic heterocycles. The zero-order valence-corrected chi connectivity index (χ0v) is 12.7. The fourth-order valence-corrected chi connectivity index (χ4v) is 2.59. The normalized spacial score (nSPS) is 10.8. The lowest BCUT2D eigenvalue weighted by atomic mass is 10.3. The number of hydrogen-bond acceptors (Lipinski definition) is 8. The van der Waals surface area contributed by atoms with Gasteiger partial charge in [0, 0.05) is 11.3 Å². The van der Waals surface area contributed by atoms with Gasteiger partial charge in [0.1, 0.15) is 5.76 Å². The molecule has 0 saturated heterocycles. The second kappa shape index (κ2) is 6.10. The maximum absolute atomic E-state index is 11.5. The second-order valence-electron chi connectivity index (χ2n) is 4.32. The summed E-state index contributed by atoms with van der Waals surface area (Å²) < 4.78 is 20.5. The number of nitrogens with zero attached hydrogens (tertiary/aromatic N) is 2. The first-order valence-electron chi connectivity index (χ1n) is 6.34. The Morgan fingerprint density at radius 2 is 2.09 bits per heavy atom. The minimum atomic E-state index is -0.513. The summed E-state index contributed by atoms with van der Waals surface area (Å²) in [5, 5.41) is 8.34. The topological polar surface area (TPSA) is 91.5 Å². The monoisotopic (exact) mass is 320 g/mol. The molecule has 0 aliphatic carbocycles. The zero-order valence-electron chi connectivity index (χ0n) is 11.9. The van der Waals surface area contributed by atoms with Crippen molar-refractivity contribution in [2.45, 2.75) is 17.9 Å². The van der Waals surface area contributed by atoms with Crippen LogP contribution >= 0.6 is 11.8 Å². The fourth-order valence-electron chi connectivity index (χ4n) is 1.84. The Morgan fingerprint density at radius 3 is 2.82 bits per heavy atom. The van der Waals surface area contributed by atoms with Crippen molar-refractivity contribution in [3.05, 3.63) is 41.7 Å². The molecule has 0 aromatic carbocycles. The van der Waals surface area contributed by atoms with Crippen molar-refractivity contribution in [2.75, 3.05) is 7.11 Å². The van der Waals surface area contributed by atoms with Crippen molar-refractivity contribution in [3.63, 3.8) is 0 Å². The standard InChI is InChI=1S/C14H12N2O5S/c1-8-10(4-6-19-8)12-15-16-14(21-12)22-7-9-3-5-20-11(9)13(17)18-2/h3-6H,7H2,1-2H3. The first-order chi connectivity index (χ1) is 10.7. The Balaban J connectivity index is 1.71. The Hall–Kier alpha value is -2.48. The van der Waals surface area contributed by atoms with E-state index >= 15 is 0 Å². The zero-order chi connectivity index (χ0) is 15.5. The van der Waals surface area contributed by atoms with E-state index in [0.29, 0.717) is 28.2 Å². The number of rotatable bonds is 5. The molecule has 0 aliphatic rings. The number of aromatic nitrogens is 2. The molecule has 0 bridgehead atoms. The van der Waals surface area contributed by atoms with Crippen molar-refractivity contribution >= 4 is 17.7 Å². The van der Waals surface area contributed by atoms with Gasteiger partial charge in [-0.3, -0.25) is 0 Å². The van der Waals surface area contributed by atoms with Gasteiger partial charge < -0.3 is 18.0 Å². The highest BCUT2D eigenvalue weighted by molar-refractivity contribution is 7.98. The number of furan rings is 2. The third kappa shape index (κ3) is 2.77. The molecule has 0 aliphatic heterocycles. The molecule has 3 heterocycles. The van der Waals surface area contributed by atoms with E-state index in [1.54, 1.807) is 18.4 Å². The van der Waals surface area contributed by atoms with Gasteiger partial charge in [-0.2, -0.15) is 0 Å². The third-order valence-electron chi connectivity index (χ3n) is 2.96. The summed E-state index contributed by atoms with van der Waals surface area (Å²) in [6.45, 7) is 1.82. The molecular formula is C14H12N2O5S. The number of carbonyl (C=O) groups is 1. The summed E-state index contributed by atoms with van der Waals surface area (Å²) in [6.07, 6.45) is 3.01. The number of carbonyl (C=O) groups excluding carboxylic acids is 1. The third-order valence-corrected chi connectivity index (χ3v) is 3.83. The quantitative estimate of drug-likeness (QED) is 0.522. The summed E-state index contributed by atoms with van der Waals surface area (Å²) in [5.74, 6) is 1.23. The van der Waals surface area contributed by atoms with Crippen LogP contribution in [0, 0.1) is 6.92 Å². The van der Waals surface area contributed by atoms with Crippen LogP contribution in [0.25, 0.3) is 11.5 Å². The van der Waals surface area contributed by atoms with Gasteiger partial charge in [-0.05, 0) is 19.1 Å². The lowest BCUT2D eigenvalue weighted by Crippen LogP contribution is -2.02. The molecule has 0 saturated carbocycles. The number of hydrogen-bond donors (Lipinski definition) is 0. The lowest BCUT2D eigenvalue weighted by Gasteiger charge is -1.98. The molecular weight excluding hydrogens is 308 g/mol. The SMILES string of the molecule is COC(=O)c1occc1CSc1nnc(-c2ccoc2C)o1. The molecule has 0 spiro atoms. The van der Waals surface area contributed by atoms with Crippen LogP contribution in [0.1, 0.15) is 21.9 Å². The Kier molecular flexibility index (Phi) is 4.01. The van der Waals surface area contributed by atoms with Crippen molar-refractivity contribution in [2.24, 2.45) is 0 Å². The number of aryl methyl sites for hydroxylation is 1. The first kappa shape index (κ1) is 14.5. The minimum absolute atomic E-state index is 0.181. The number of esters is 1. The van der Waals surface area contributed by atoms with Crippen molar-refractivity contribution in [1.29, 1.82) is 0 Å². The van der Waals surface area contributed by atoms with E-state index in [1.165, 1.54) is 25.1 Å². The summed E-state index contributed by atoms with van der Waals surface area (Å²) in [5.41, 5.74) is 1.47. The van der Waals surface area contributed by atoms with E-state index in [1.807, 2.05) is 6.92 Å². The molecule has 0 N–H and O–H groups in total. The van der Waals surface area contributed by atoms with Crippen LogP contribution in [0.3, 0.4) is 0 Å². The van der Waals surface area contributed by atoms with Gasteiger partial charge in [0.2, 0.25) is 5.76 Å². The van der Waals surface area contributed by atoms with Crippen molar-refractivity contribution < 1.29 is 22.8 Å². The van der Waals surface area contributed by atoms with Crippen LogP contribution in [0.2, 0.25) is 0 Å². The van der Waals surface area contributed by atoms with Crippen LogP contribution in [0.15, 0.2) is 43.1 Å². The molecule has 114 valence electrons. The van der Waals surface area contributed by atoms with Crippen LogP contribution in [0.5, 0.6) is 0 Å². The Morgan fingerprint density at radius 1 is 1.27 bits per heavy atom. The van der Waals surface area contributed by atoms with Gasteiger partial charge in [-0.1, -0.05) is 11.8 Å². The Bertz CT molecular complexity index is 789. The second-order valence-corrected chi connectivity index (χ2v) is 5.25. The molecule has 0 amide bonds. The largest absolute Gasteiger partial charge is 0.469 e. The molecule has 0 fully saturated rings. The fraction of sp³-hybridized carbons (Fsp3) is 0.214. The molecule has 8 heteroatoms. The van der Waals surface area contributed by atoms with E-state index in [-0.39, 0.29) is 5.76 Å². The van der Waals surface area contributed by atoms with Gasteiger partial charge in [0.05, 0.1) is 25.2 Å². The molecule has 0 radical (unpaired) electrons. The highest BCUT2D eigenvalue weighted by Gasteiger charge is 2.18. The summed E-state index contributed by atoms with van der Waals surface area (Å²) in [7, 11) is 1.30. The van der Waals surface area contributed by atoms with Gasteiger partial charge in [0.25, 0.3) is 11.1 Å².